The highest BCUT2D eigenvalue weighted by Crippen LogP contribution is 2.27. The summed E-state index contributed by atoms with van der Waals surface area (Å²) in [6.07, 6.45) is 0.131. The Kier molecular flexibility index (Phi) is 5.86. The van der Waals surface area contributed by atoms with Crippen LogP contribution >= 0.6 is 0 Å². The van der Waals surface area contributed by atoms with Gasteiger partial charge in [-0.1, -0.05) is 0 Å². The van der Waals surface area contributed by atoms with Crippen molar-refractivity contribution in [1.29, 1.82) is 0 Å². The van der Waals surface area contributed by atoms with Crippen LogP contribution in [0.5, 0.6) is 0 Å². The predicted molar refractivity (Wildman–Crippen MR) is 114 cm³/mol. The molecule has 0 aliphatic carbocycles. The van der Waals surface area contributed by atoms with Crippen molar-refractivity contribution < 1.29 is 18.0 Å². The molecule has 0 aliphatic heterocycles. The molecule has 0 saturated heterocycles. The number of benzene rings is 1. The number of hydrogen-bond acceptors (Lipinski definition) is 7. The standard InChI is InChI=1S/C22H18F3N7O/c1-13-7-15-8-14(3-4-17(15)31-20(13)26)21(33)32(12-19-27-5-2-6-28-19)11-16-9-30-18(10-29-16)22(23,24)25/h2-10H,11-12H2,1H3,(H2,26,31). The number of amides is 1. The van der Waals surface area contributed by atoms with E-state index >= 15 is 0 Å². The quantitative estimate of drug-likeness (QED) is 0.492. The van der Waals surface area contributed by atoms with Crippen LogP contribution in [0.3, 0.4) is 0 Å². The average Bonchev–Trinajstić information content (AvgIpc) is 2.79. The van der Waals surface area contributed by atoms with Crippen molar-refractivity contribution in [2.24, 2.45) is 0 Å². The number of aromatic nitrogens is 5. The highest BCUT2D eigenvalue weighted by atomic mass is 19.4. The van der Waals surface area contributed by atoms with Crippen LogP contribution in [0.25, 0.3) is 10.9 Å². The summed E-state index contributed by atoms with van der Waals surface area (Å²) in [5, 5.41) is 0.734. The molecule has 1 amide bonds. The van der Waals surface area contributed by atoms with E-state index in [1.165, 1.54) is 17.3 Å². The zero-order chi connectivity index (χ0) is 23.6. The Hall–Kier alpha value is -4.15. The molecule has 3 aromatic heterocycles. The van der Waals surface area contributed by atoms with Crippen LogP contribution in [0.4, 0.5) is 19.0 Å². The maximum Gasteiger partial charge on any atom is 0.434 e. The van der Waals surface area contributed by atoms with Gasteiger partial charge in [-0.15, -0.1) is 0 Å². The lowest BCUT2D eigenvalue weighted by Crippen LogP contribution is -2.31. The van der Waals surface area contributed by atoms with Crippen LogP contribution in [-0.4, -0.2) is 35.7 Å². The molecule has 4 rings (SSSR count). The smallest absolute Gasteiger partial charge is 0.383 e. The number of anilines is 1. The van der Waals surface area contributed by atoms with Gasteiger partial charge in [0.1, 0.15) is 11.6 Å². The summed E-state index contributed by atoms with van der Waals surface area (Å²) in [6, 6.07) is 8.47. The largest absolute Gasteiger partial charge is 0.434 e. The van der Waals surface area contributed by atoms with Crippen molar-refractivity contribution >= 4 is 22.6 Å². The molecular weight excluding hydrogens is 435 g/mol. The lowest BCUT2D eigenvalue weighted by molar-refractivity contribution is -0.141. The Morgan fingerprint density at radius 3 is 2.45 bits per heavy atom. The number of pyridine rings is 1. The van der Waals surface area contributed by atoms with Gasteiger partial charge in [0.05, 0.1) is 36.7 Å². The molecule has 0 atom stereocenters. The van der Waals surface area contributed by atoms with E-state index in [1.807, 2.05) is 13.0 Å². The number of nitrogens with two attached hydrogens (primary N) is 1. The van der Waals surface area contributed by atoms with Gasteiger partial charge in [-0.2, -0.15) is 13.2 Å². The number of rotatable bonds is 5. The first kappa shape index (κ1) is 22.1. The number of nitrogen functional groups attached to an aromatic ring is 1. The Morgan fingerprint density at radius 1 is 1.03 bits per heavy atom. The summed E-state index contributed by atoms with van der Waals surface area (Å²) >= 11 is 0. The summed E-state index contributed by atoms with van der Waals surface area (Å²) in [4.78, 5) is 34.6. The van der Waals surface area contributed by atoms with Crippen LogP contribution in [0.1, 0.15) is 33.1 Å². The van der Waals surface area contributed by atoms with Crippen molar-refractivity contribution in [2.75, 3.05) is 5.73 Å². The molecule has 0 spiro atoms. The first-order valence-corrected chi connectivity index (χ1v) is 9.81. The number of nitrogens with zero attached hydrogens (tertiary/aromatic N) is 6. The first-order chi connectivity index (χ1) is 15.7. The molecule has 0 bridgehead atoms. The van der Waals surface area contributed by atoms with Crippen LogP contribution in [0, 0.1) is 6.92 Å². The monoisotopic (exact) mass is 453 g/mol. The van der Waals surface area contributed by atoms with E-state index in [0.29, 0.717) is 28.9 Å². The second-order valence-corrected chi connectivity index (χ2v) is 7.31. The third kappa shape index (κ3) is 5.03. The third-order valence-corrected chi connectivity index (χ3v) is 4.88. The zero-order valence-corrected chi connectivity index (χ0v) is 17.4. The highest BCUT2D eigenvalue weighted by molar-refractivity contribution is 5.98. The van der Waals surface area contributed by atoms with Crippen molar-refractivity contribution in [2.45, 2.75) is 26.2 Å². The third-order valence-electron chi connectivity index (χ3n) is 4.88. The van der Waals surface area contributed by atoms with Gasteiger partial charge < -0.3 is 10.6 Å². The second-order valence-electron chi connectivity index (χ2n) is 7.31. The minimum absolute atomic E-state index is 0.0272. The molecular formula is C22H18F3N7O. The number of carbonyl (C=O) groups is 1. The van der Waals surface area contributed by atoms with Gasteiger partial charge in [0.15, 0.2) is 5.69 Å². The van der Waals surface area contributed by atoms with E-state index in [4.69, 9.17) is 5.73 Å². The Balaban J connectivity index is 1.66. The van der Waals surface area contributed by atoms with Gasteiger partial charge >= 0.3 is 6.18 Å². The van der Waals surface area contributed by atoms with E-state index in [1.54, 1.807) is 24.3 Å². The minimum atomic E-state index is -4.60. The normalized spacial score (nSPS) is 11.5. The molecule has 0 radical (unpaired) electrons. The fourth-order valence-electron chi connectivity index (χ4n) is 3.17. The lowest BCUT2D eigenvalue weighted by Gasteiger charge is -2.22. The van der Waals surface area contributed by atoms with Crippen molar-refractivity contribution in [1.82, 2.24) is 29.8 Å². The molecule has 3 heterocycles. The highest BCUT2D eigenvalue weighted by Gasteiger charge is 2.33. The van der Waals surface area contributed by atoms with Gasteiger partial charge in [-0.05, 0) is 42.8 Å². The topological polar surface area (TPSA) is 111 Å². The number of carbonyl (C=O) groups excluding carboxylic acids is 1. The average molecular weight is 453 g/mol. The summed E-state index contributed by atoms with van der Waals surface area (Å²) in [5.41, 5.74) is 6.73. The van der Waals surface area contributed by atoms with Crippen LogP contribution in [0.2, 0.25) is 0 Å². The van der Waals surface area contributed by atoms with Gasteiger partial charge in [0.25, 0.3) is 5.91 Å². The molecule has 0 aliphatic rings. The molecule has 0 unspecified atom stereocenters. The molecule has 0 fully saturated rings. The number of fused-ring (bicyclic) bond motifs is 1. The molecule has 4 aromatic rings. The maximum atomic E-state index is 13.4. The first-order valence-electron chi connectivity index (χ1n) is 9.81. The van der Waals surface area contributed by atoms with Crippen molar-refractivity contribution in [3.05, 3.63) is 83.5 Å². The molecule has 1 aromatic carbocycles. The molecule has 8 nitrogen and oxygen atoms in total. The molecule has 0 saturated carbocycles. The van der Waals surface area contributed by atoms with Gasteiger partial charge in [0.2, 0.25) is 0 Å². The molecule has 33 heavy (non-hydrogen) atoms. The summed E-state index contributed by atoms with van der Waals surface area (Å²) in [7, 11) is 0. The van der Waals surface area contributed by atoms with Crippen LogP contribution in [-0.2, 0) is 19.3 Å². The number of aryl methyl sites for hydroxylation is 1. The zero-order valence-electron chi connectivity index (χ0n) is 17.4. The SMILES string of the molecule is Cc1cc2cc(C(=O)N(Cc3cnc(C(F)(F)F)cn3)Cc3ncccn3)ccc2nc1N. The minimum Gasteiger partial charge on any atom is -0.383 e. The Labute approximate surface area is 186 Å². The predicted octanol–water partition coefficient (Wildman–Crippen LogP) is 3.57. The molecule has 168 valence electrons. The number of halogens is 3. The Morgan fingerprint density at radius 2 is 1.79 bits per heavy atom. The number of hydrogen-bond donors (Lipinski definition) is 1. The van der Waals surface area contributed by atoms with E-state index in [0.717, 1.165) is 17.1 Å². The van der Waals surface area contributed by atoms with Crippen LogP contribution < -0.4 is 5.73 Å². The molecule has 11 heteroatoms. The fourth-order valence-corrected chi connectivity index (χ4v) is 3.17. The second kappa shape index (κ2) is 8.77. The Bertz CT molecular complexity index is 1300. The van der Waals surface area contributed by atoms with E-state index in [9.17, 15) is 18.0 Å². The van der Waals surface area contributed by atoms with Crippen LogP contribution in [0.15, 0.2) is 55.1 Å². The maximum absolute atomic E-state index is 13.4. The summed E-state index contributed by atoms with van der Waals surface area (Å²) in [5.74, 6) is 0.405. The van der Waals surface area contributed by atoms with Crippen molar-refractivity contribution in [3.63, 3.8) is 0 Å². The van der Waals surface area contributed by atoms with E-state index in [-0.39, 0.29) is 24.7 Å². The summed E-state index contributed by atoms with van der Waals surface area (Å²) in [6.45, 7) is 1.76. The summed E-state index contributed by atoms with van der Waals surface area (Å²) < 4.78 is 38.4. The molecule has 2 N–H and O–H groups in total. The van der Waals surface area contributed by atoms with E-state index < -0.39 is 11.9 Å². The van der Waals surface area contributed by atoms with Gasteiger partial charge in [-0.25, -0.2) is 19.9 Å². The van der Waals surface area contributed by atoms with E-state index in [2.05, 4.69) is 24.9 Å². The fraction of sp³-hybridized carbons (Fsp3) is 0.182. The van der Waals surface area contributed by atoms with Gasteiger partial charge in [0, 0.05) is 23.3 Å². The van der Waals surface area contributed by atoms with Crippen molar-refractivity contribution in [3.8, 4) is 0 Å². The van der Waals surface area contributed by atoms with Gasteiger partial charge in [-0.3, -0.25) is 9.78 Å². The number of alkyl halides is 3. The lowest BCUT2D eigenvalue weighted by atomic mass is 10.1.